The number of likely N-dealkylation sites (tertiary alicyclic amines) is 1. The number of ether oxygens (including phenoxy) is 2. The Morgan fingerprint density at radius 2 is 1.73 bits per heavy atom. The van der Waals surface area contributed by atoms with Crippen molar-refractivity contribution in [2.24, 2.45) is 11.8 Å². The summed E-state index contributed by atoms with van der Waals surface area (Å²) in [6.45, 7) is 15.2. The number of hydrogen-bond donors (Lipinski definition) is 1. The van der Waals surface area contributed by atoms with Gasteiger partial charge in [-0.05, 0) is 81.5 Å². The van der Waals surface area contributed by atoms with Crippen molar-refractivity contribution in [3.05, 3.63) is 78.9 Å². The van der Waals surface area contributed by atoms with Crippen molar-refractivity contribution in [2.75, 3.05) is 42.6 Å². The average molecular weight is 723 g/mol. The predicted molar refractivity (Wildman–Crippen MR) is 192 cm³/mol. The van der Waals surface area contributed by atoms with E-state index in [2.05, 4.69) is 29.1 Å². The summed E-state index contributed by atoms with van der Waals surface area (Å²) < 4.78 is 12.4. The molecule has 3 saturated heterocycles. The van der Waals surface area contributed by atoms with E-state index in [0.717, 1.165) is 29.7 Å². The zero-order valence-electron chi connectivity index (χ0n) is 28.3. The van der Waals surface area contributed by atoms with Crippen LogP contribution < -0.4 is 14.5 Å². The van der Waals surface area contributed by atoms with Crippen LogP contribution in [0.25, 0.3) is 0 Å². The summed E-state index contributed by atoms with van der Waals surface area (Å²) in [7, 11) is 0. The smallest absolute Gasteiger partial charge is 0.253 e. The Morgan fingerprint density at radius 1 is 1.04 bits per heavy atom. The van der Waals surface area contributed by atoms with E-state index >= 15 is 0 Å². The monoisotopic (exact) mass is 721 g/mol. The van der Waals surface area contributed by atoms with Crippen molar-refractivity contribution in [1.29, 1.82) is 0 Å². The van der Waals surface area contributed by atoms with E-state index < -0.39 is 29.6 Å². The minimum Gasteiger partial charge on any atom is -0.494 e. The molecule has 0 radical (unpaired) electrons. The van der Waals surface area contributed by atoms with E-state index in [-0.39, 0.29) is 42.2 Å². The standard InChI is InChI=1S/C38H48BrN3O6/c1-6-19-40(27-15-17-28(18-16-27)47-8-3)35(44)31-32-36(45)42(21-11-9-10-12-22-43)34(38(32)24-29(39)33(31)48-38)37(46)41(20-7-2)30-23-25(4)13-14-26(30)5/h6-7,13-18,23,29,31-34,43H,1-2,8-12,19-22,24H2,3-5H3/t29?,31-,32+,33-,34?,38?/m1/s1. The summed E-state index contributed by atoms with van der Waals surface area (Å²) in [6, 6.07) is 12.4. The third-order valence-electron chi connectivity index (χ3n) is 9.89. The lowest BCUT2D eigenvalue weighted by Gasteiger charge is -2.38. The van der Waals surface area contributed by atoms with Crippen molar-refractivity contribution < 1.29 is 29.0 Å². The van der Waals surface area contributed by atoms with E-state index in [4.69, 9.17) is 9.47 Å². The number of carbonyl (C=O) groups is 3. The van der Waals surface area contributed by atoms with Crippen molar-refractivity contribution in [2.45, 2.75) is 75.4 Å². The topological polar surface area (TPSA) is 99.6 Å². The Hall–Kier alpha value is -3.47. The van der Waals surface area contributed by atoms with Crippen molar-refractivity contribution >= 4 is 45.0 Å². The fourth-order valence-corrected chi connectivity index (χ4v) is 8.74. The molecule has 5 rings (SSSR count). The molecule has 3 fully saturated rings. The molecular weight excluding hydrogens is 674 g/mol. The predicted octanol–water partition coefficient (Wildman–Crippen LogP) is 5.74. The van der Waals surface area contributed by atoms with Crippen molar-refractivity contribution in [1.82, 2.24) is 4.90 Å². The number of rotatable bonds is 16. The van der Waals surface area contributed by atoms with E-state index in [1.807, 2.05) is 63.2 Å². The third kappa shape index (κ3) is 6.59. The molecule has 48 heavy (non-hydrogen) atoms. The normalized spacial score (nSPS) is 25.6. The summed E-state index contributed by atoms with van der Waals surface area (Å²) in [5.41, 5.74) is 2.19. The molecule has 3 amide bonds. The molecule has 3 heterocycles. The summed E-state index contributed by atoms with van der Waals surface area (Å²) >= 11 is 3.81. The molecule has 1 N–H and O–H groups in total. The molecular formula is C38H48BrN3O6. The number of fused-ring (bicyclic) bond motifs is 1. The highest BCUT2D eigenvalue weighted by Crippen LogP contribution is 2.60. The lowest BCUT2D eigenvalue weighted by molar-refractivity contribution is -0.140. The minimum atomic E-state index is -1.19. The zero-order chi connectivity index (χ0) is 34.6. The second kappa shape index (κ2) is 15.4. The number of carbonyl (C=O) groups excluding carboxylic acids is 3. The first-order valence-electron chi connectivity index (χ1n) is 17.0. The molecule has 9 nitrogen and oxygen atoms in total. The Bertz CT molecular complexity index is 1510. The van der Waals surface area contributed by atoms with Gasteiger partial charge in [0, 0.05) is 42.4 Å². The molecule has 6 atom stereocenters. The number of unbranched alkanes of at least 4 members (excludes halogenated alkanes) is 3. The van der Waals surface area contributed by atoms with Crippen LogP contribution in [-0.2, 0) is 19.1 Å². The Balaban J connectivity index is 1.55. The van der Waals surface area contributed by atoms with Gasteiger partial charge >= 0.3 is 0 Å². The van der Waals surface area contributed by atoms with E-state index in [1.54, 1.807) is 26.9 Å². The number of nitrogens with zero attached hydrogens (tertiary/aromatic N) is 3. The summed E-state index contributed by atoms with van der Waals surface area (Å²) in [5, 5.41) is 9.29. The number of amides is 3. The van der Waals surface area contributed by atoms with Crippen LogP contribution in [0.1, 0.15) is 50.2 Å². The molecule has 0 aromatic heterocycles. The molecule has 2 aromatic carbocycles. The van der Waals surface area contributed by atoms with Gasteiger partial charge in [-0.2, -0.15) is 0 Å². The van der Waals surface area contributed by atoms with Gasteiger partial charge in [-0.25, -0.2) is 0 Å². The molecule has 258 valence electrons. The molecule has 0 saturated carbocycles. The van der Waals surface area contributed by atoms with Gasteiger partial charge in [-0.1, -0.05) is 53.1 Å². The highest BCUT2D eigenvalue weighted by Gasteiger charge is 2.77. The lowest BCUT2D eigenvalue weighted by Crippen LogP contribution is -2.57. The number of alkyl halides is 1. The molecule has 0 aliphatic carbocycles. The van der Waals surface area contributed by atoms with Gasteiger partial charge in [0.1, 0.15) is 17.4 Å². The van der Waals surface area contributed by atoms with Crippen LogP contribution in [-0.4, -0.2) is 83.2 Å². The molecule has 3 aliphatic rings. The zero-order valence-corrected chi connectivity index (χ0v) is 29.9. The molecule has 1 spiro atoms. The van der Waals surface area contributed by atoms with Gasteiger partial charge in [0.25, 0.3) is 5.91 Å². The maximum Gasteiger partial charge on any atom is 0.253 e. The minimum absolute atomic E-state index is 0.114. The number of aliphatic hydroxyl groups is 1. The van der Waals surface area contributed by atoms with Crippen LogP contribution >= 0.6 is 15.9 Å². The quantitative estimate of drug-likeness (QED) is 0.135. The van der Waals surface area contributed by atoms with Crippen molar-refractivity contribution in [3.8, 4) is 5.75 Å². The third-order valence-corrected chi connectivity index (χ3v) is 10.7. The van der Waals surface area contributed by atoms with E-state index in [0.29, 0.717) is 43.9 Å². The van der Waals surface area contributed by atoms with Crippen LogP contribution in [0.4, 0.5) is 11.4 Å². The number of anilines is 2. The molecule has 2 aromatic rings. The SMILES string of the molecule is C=CCN(C(=O)[C@H]1[C@@H]2OC3(CC2Br)C(C(=O)N(CC=C)c2cc(C)ccc2C)N(CCCCCCO)C(=O)[C@H]13)c1ccc(OCC)cc1. The first-order valence-corrected chi connectivity index (χ1v) is 17.9. The summed E-state index contributed by atoms with van der Waals surface area (Å²) in [4.78, 5) is 49.1. The maximum atomic E-state index is 15.0. The second-order valence-electron chi connectivity index (χ2n) is 13.0. The van der Waals surface area contributed by atoms with Crippen LogP contribution in [0.3, 0.4) is 0 Å². The van der Waals surface area contributed by atoms with Crippen LogP contribution in [0, 0.1) is 25.7 Å². The van der Waals surface area contributed by atoms with Gasteiger partial charge in [0.2, 0.25) is 11.8 Å². The Labute approximate surface area is 292 Å². The first-order chi connectivity index (χ1) is 23.1. The fourth-order valence-electron chi connectivity index (χ4n) is 7.79. The number of aliphatic hydroxyl groups excluding tert-OH is 1. The largest absolute Gasteiger partial charge is 0.494 e. The maximum absolute atomic E-state index is 15.0. The molecule has 10 heteroatoms. The Morgan fingerprint density at radius 3 is 2.40 bits per heavy atom. The Kier molecular flexibility index (Phi) is 11.5. The highest BCUT2D eigenvalue weighted by atomic mass is 79.9. The number of hydrogen-bond acceptors (Lipinski definition) is 6. The average Bonchev–Trinajstić information content (AvgIpc) is 3.66. The lowest BCUT2D eigenvalue weighted by atomic mass is 9.70. The number of aryl methyl sites for hydroxylation is 2. The first kappa shape index (κ1) is 35.8. The summed E-state index contributed by atoms with van der Waals surface area (Å²) in [5.74, 6) is -1.62. The van der Waals surface area contributed by atoms with Gasteiger partial charge in [-0.3, -0.25) is 14.4 Å². The van der Waals surface area contributed by atoms with Crippen molar-refractivity contribution in [3.63, 3.8) is 0 Å². The highest BCUT2D eigenvalue weighted by molar-refractivity contribution is 9.09. The summed E-state index contributed by atoms with van der Waals surface area (Å²) in [6.07, 6.45) is 6.17. The van der Waals surface area contributed by atoms with Crippen LogP contribution in [0.15, 0.2) is 67.8 Å². The van der Waals surface area contributed by atoms with Gasteiger partial charge in [0.15, 0.2) is 0 Å². The van der Waals surface area contributed by atoms with Crippen LogP contribution in [0.5, 0.6) is 5.75 Å². The molecule has 3 unspecified atom stereocenters. The number of benzene rings is 2. The van der Waals surface area contributed by atoms with Gasteiger partial charge in [-0.15, -0.1) is 13.2 Å². The number of halogens is 1. The van der Waals surface area contributed by atoms with Gasteiger partial charge in [0.05, 0.1) is 24.5 Å². The molecule has 3 aliphatic heterocycles. The second-order valence-corrected chi connectivity index (χ2v) is 14.2. The van der Waals surface area contributed by atoms with E-state index in [9.17, 15) is 19.5 Å². The van der Waals surface area contributed by atoms with Crippen LogP contribution in [0.2, 0.25) is 0 Å². The molecule has 2 bridgehead atoms. The van der Waals surface area contributed by atoms with E-state index in [1.165, 1.54) is 0 Å². The fraction of sp³-hybridized carbons (Fsp3) is 0.500. The van der Waals surface area contributed by atoms with Gasteiger partial charge < -0.3 is 29.3 Å².